The van der Waals surface area contributed by atoms with Crippen molar-refractivity contribution in [3.05, 3.63) is 0 Å². The molecule has 2 aliphatic heterocycles. The molecular weight excluding hydrogens is 186 g/mol. The zero-order valence-corrected chi connectivity index (χ0v) is 10.4. The molecule has 0 amide bonds. The summed E-state index contributed by atoms with van der Waals surface area (Å²) in [5, 5.41) is 3.46. The Morgan fingerprint density at radius 3 is 2.47 bits per heavy atom. The highest BCUT2D eigenvalue weighted by Crippen LogP contribution is 2.27. The molecule has 3 nitrogen and oxygen atoms in total. The second-order valence-corrected chi connectivity index (χ2v) is 5.52. The van der Waals surface area contributed by atoms with Gasteiger partial charge in [-0.2, -0.15) is 0 Å². The monoisotopic (exact) mass is 211 g/mol. The van der Waals surface area contributed by atoms with Gasteiger partial charge in [-0.15, -0.1) is 0 Å². The van der Waals surface area contributed by atoms with Crippen LogP contribution in [0.25, 0.3) is 0 Å². The van der Waals surface area contributed by atoms with Gasteiger partial charge in [0.2, 0.25) is 0 Å². The maximum atomic E-state index is 3.46. The minimum Gasteiger partial charge on any atom is -0.317 e. The average Bonchev–Trinajstić information content (AvgIpc) is 2.23. The third-order valence-electron chi connectivity index (χ3n) is 4.40. The van der Waals surface area contributed by atoms with Crippen molar-refractivity contribution in [2.75, 3.05) is 39.8 Å². The Bertz CT molecular complexity index is 211. The highest BCUT2D eigenvalue weighted by atomic mass is 15.3. The maximum Gasteiger partial charge on any atom is 0.0206 e. The molecule has 3 heteroatoms. The molecule has 1 N–H and O–H groups in total. The molecule has 1 atom stereocenters. The first-order valence-corrected chi connectivity index (χ1v) is 6.28. The first-order valence-electron chi connectivity index (χ1n) is 6.28. The van der Waals surface area contributed by atoms with Gasteiger partial charge in [0.15, 0.2) is 0 Å². The van der Waals surface area contributed by atoms with E-state index in [1.165, 1.54) is 45.6 Å². The highest BCUT2D eigenvalue weighted by molar-refractivity contribution is 4.94. The Balaban J connectivity index is 1.97. The smallest absolute Gasteiger partial charge is 0.0206 e. The van der Waals surface area contributed by atoms with Gasteiger partial charge in [0.1, 0.15) is 0 Å². The molecule has 2 saturated heterocycles. The largest absolute Gasteiger partial charge is 0.317 e. The summed E-state index contributed by atoms with van der Waals surface area (Å²) in [7, 11) is 2.24. The summed E-state index contributed by atoms with van der Waals surface area (Å²) in [6.07, 6.45) is 2.62. The van der Waals surface area contributed by atoms with Crippen LogP contribution in [0.5, 0.6) is 0 Å². The van der Waals surface area contributed by atoms with E-state index < -0.39 is 0 Å². The summed E-state index contributed by atoms with van der Waals surface area (Å²) < 4.78 is 0. The minimum atomic E-state index is 0.459. The van der Waals surface area contributed by atoms with Gasteiger partial charge in [-0.25, -0.2) is 0 Å². The third-order valence-corrected chi connectivity index (χ3v) is 4.40. The van der Waals surface area contributed by atoms with Gasteiger partial charge in [-0.1, -0.05) is 0 Å². The fourth-order valence-corrected chi connectivity index (χ4v) is 2.82. The van der Waals surface area contributed by atoms with Gasteiger partial charge in [0.25, 0.3) is 0 Å². The van der Waals surface area contributed by atoms with Crippen LogP contribution in [0.4, 0.5) is 0 Å². The van der Waals surface area contributed by atoms with Gasteiger partial charge in [-0.05, 0) is 46.8 Å². The van der Waals surface area contributed by atoms with Crippen LogP contribution >= 0.6 is 0 Å². The molecule has 0 aromatic carbocycles. The summed E-state index contributed by atoms with van der Waals surface area (Å²) in [6.45, 7) is 10.9. The van der Waals surface area contributed by atoms with E-state index in [0.717, 1.165) is 0 Å². The lowest BCUT2D eigenvalue weighted by Gasteiger charge is -2.49. The van der Waals surface area contributed by atoms with E-state index in [-0.39, 0.29) is 0 Å². The van der Waals surface area contributed by atoms with E-state index in [2.05, 4.69) is 36.0 Å². The van der Waals surface area contributed by atoms with E-state index in [9.17, 15) is 0 Å². The van der Waals surface area contributed by atoms with E-state index in [1.807, 2.05) is 0 Å². The molecule has 0 bridgehead atoms. The van der Waals surface area contributed by atoms with Crippen LogP contribution in [0.3, 0.4) is 0 Å². The van der Waals surface area contributed by atoms with Crippen molar-refractivity contribution in [1.82, 2.24) is 15.1 Å². The van der Waals surface area contributed by atoms with E-state index in [1.54, 1.807) is 0 Å². The summed E-state index contributed by atoms with van der Waals surface area (Å²) in [4.78, 5) is 5.19. The predicted octanol–water partition coefficient (Wildman–Crippen LogP) is 0.764. The summed E-state index contributed by atoms with van der Waals surface area (Å²) in [6, 6.07) is 0.713. The summed E-state index contributed by atoms with van der Waals surface area (Å²) in [5.41, 5.74) is 0.459. The lowest BCUT2D eigenvalue weighted by Crippen LogP contribution is -2.60. The number of likely N-dealkylation sites (N-methyl/N-ethyl adjacent to an activating group) is 1. The first kappa shape index (κ1) is 11.4. The standard InChI is InChI=1S/C12H25N3/c1-11-10-15(9-8-14(11)3)12(2)4-6-13-7-5-12/h11,13H,4-10H2,1-3H3. The number of nitrogens with zero attached hydrogens (tertiary/aromatic N) is 2. The summed E-state index contributed by atoms with van der Waals surface area (Å²) in [5.74, 6) is 0. The predicted molar refractivity (Wildman–Crippen MR) is 64.2 cm³/mol. The van der Waals surface area contributed by atoms with Gasteiger partial charge in [0.05, 0.1) is 0 Å². The quantitative estimate of drug-likeness (QED) is 0.691. The number of hydrogen-bond acceptors (Lipinski definition) is 3. The Labute approximate surface area is 93.8 Å². The number of piperazine rings is 1. The van der Waals surface area contributed by atoms with Crippen LogP contribution in [0.1, 0.15) is 26.7 Å². The normalized spacial score (nSPS) is 34.2. The molecule has 15 heavy (non-hydrogen) atoms. The van der Waals surface area contributed by atoms with Crippen molar-refractivity contribution >= 4 is 0 Å². The average molecular weight is 211 g/mol. The molecule has 0 aromatic rings. The molecular formula is C12H25N3. The van der Waals surface area contributed by atoms with E-state index >= 15 is 0 Å². The molecule has 0 aromatic heterocycles. The maximum absolute atomic E-state index is 3.46. The van der Waals surface area contributed by atoms with Crippen LogP contribution < -0.4 is 5.32 Å². The molecule has 0 radical (unpaired) electrons. The fourth-order valence-electron chi connectivity index (χ4n) is 2.82. The second kappa shape index (κ2) is 4.40. The molecule has 88 valence electrons. The van der Waals surface area contributed by atoms with E-state index in [4.69, 9.17) is 0 Å². The van der Waals surface area contributed by atoms with Gasteiger partial charge in [-0.3, -0.25) is 4.90 Å². The van der Waals surface area contributed by atoms with Crippen molar-refractivity contribution < 1.29 is 0 Å². The highest BCUT2D eigenvalue weighted by Gasteiger charge is 2.36. The molecule has 0 spiro atoms. The van der Waals surface area contributed by atoms with Crippen LogP contribution in [0.15, 0.2) is 0 Å². The number of hydrogen-bond donors (Lipinski definition) is 1. The van der Waals surface area contributed by atoms with Crippen molar-refractivity contribution in [1.29, 1.82) is 0 Å². The molecule has 1 unspecified atom stereocenters. The molecule has 2 heterocycles. The van der Waals surface area contributed by atoms with Crippen molar-refractivity contribution in [2.24, 2.45) is 0 Å². The zero-order valence-electron chi connectivity index (χ0n) is 10.4. The topological polar surface area (TPSA) is 18.5 Å². The van der Waals surface area contributed by atoms with E-state index in [0.29, 0.717) is 11.6 Å². The van der Waals surface area contributed by atoms with Crippen molar-refractivity contribution in [3.8, 4) is 0 Å². The first-order chi connectivity index (χ1) is 7.12. The van der Waals surface area contributed by atoms with Gasteiger partial charge in [0, 0.05) is 31.2 Å². The van der Waals surface area contributed by atoms with Gasteiger partial charge < -0.3 is 10.2 Å². The van der Waals surface area contributed by atoms with Crippen molar-refractivity contribution in [2.45, 2.75) is 38.3 Å². The summed E-state index contributed by atoms with van der Waals surface area (Å²) >= 11 is 0. The Kier molecular flexibility index (Phi) is 3.33. The number of rotatable bonds is 1. The fraction of sp³-hybridized carbons (Fsp3) is 1.00. The third kappa shape index (κ3) is 2.35. The molecule has 2 rings (SSSR count). The molecule has 0 aliphatic carbocycles. The second-order valence-electron chi connectivity index (χ2n) is 5.52. The van der Waals surface area contributed by atoms with Gasteiger partial charge >= 0.3 is 0 Å². The zero-order chi connectivity index (χ0) is 10.9. The SMILES string of the molecule is CC1CN(C2(C)CCNCC2)CCN1C. The minimum absolute atomic E-state index is 0.459. The molecule has 0 saturated carbocycles. The van der Waals surface area contributed by atoms with Crippen LogP contribution in [0, 0.1) is 0 Å². The Hall–Kier alpha value is -0.120. The van der Waals surface area contributed by atoms with Crippen LogP contribution in [-0.4, -0.2) is 61.2 Å². The lowest BCUT2D eigenvalue weighted by molar-refractivity contribution is 0.00712. The number of nitrogens with one attached hydrogen (secondary N) is 1. The Morgan fingerprint density at radius 2 is 1.87 bits per heavy atom. The van der Waals surface area contributed by atoms with Crippen molar-refractivity contribution in [3.63, 3.8) is 0 Å². The van der Waals surface area contributed by atoms with Crippen LogP contribution in [-0.2, 0) is 0 Å². The number of piperidine rings is 1. The molecule has 2 aliphatic rings. The van der Waals surface area contributed by atoms with Crippen LogP contribution in [0.2, 0.25) is 0 Å². The lowest BCUT2D eigenvalue weighted by atomic mass is 9.87. The molecule has 2 fully saturated rings. The Morgan fingerprint density at radius 1 is 1.20 bits per heavy atom.